The topological polar surface area (TPSA) is 55.6 Å². The molecule has 0 bridgehead atoms. The summed E-state index contributed by atoms with van der Waals surface area (Å²) in [6, 6.07) is 2.23. The third-order valence-electron chi connectivity index (χ3n) is 2.98. The molecule has 18 heavy (non-hydrogen) atoms. The van der Waals surface area contributed by atoms with E-state index in [0.717, 1.165) is 24.4 Å². The van der Waals surface area contributed by atoms with E-state index in [1.54, 1.807) is 0 Å². The minimum Gasteiger partial charge on any atom is -0.312 e. The highest BCUT2D eigenvalue weighted by atomic mass is 15.2. The van der Waals surface area contributed by atoms with Crippen molar-refractivity contribution in [1.82, 2.24) is 25.1 Å². The molecule has 1 atom stereocenters. The van der Waals surface area contributed by atoms with Gasteiger partial charge in [-0.15, -0.1) is 0 Å². The molecule has 1 N–H and O–H groups in total. The lowest BCUT2D eigenvalue weighted by Gasteiger charge is -2.15. The summed E-state index contributed by atoms with van der Waals surface area (Å²) in [5.74, 6) is 0.814. The summed E-state index contributed by atoms with van der Waals surface area (Å²) in [6.45, 7) is 1.91. The minimum absolute atomic E-state index is 0.256. The van der Waals surface area contributed by atoms with Crippen molar-refractivity contribution in [2.24, 2.45) is 7.05 Å². The molecule has 0 fully saturated rings. The summed E-state index contributed by atoms with van der Waals surface area (Å²) < 4.78 is 1.83. The molecule has 0 amide bonds. The number of hydrogen-bond acceptors (Lipinski definition) is 4. The second-order valence-electron chi connectivity index (χ2n) is 4.43. The van der Waals surface area contributed by atoms with E-state index in [4.69, 9.17) is 0 Å². The maximum absolute atomic E-state index is 4.47. The second kappa shape index (κ2) is 5.73. The first-order valence-electron chi connectivity index (χ1n) is 6.13. The Morgan fingerprint density at radius 3 is 2.89 bits per heavy atom. The van der Waals surface area contributed by atoms with Crippen LogP contribution in [-0.2, 0) is 13.5 Å². The molecule has 0 aromatic carbocycles. The Bertz CT molecular complexity index is 506. The van der Waals surface area contributed by atoms with Crippen LogP contribution in [0.25, 0.3) is 0 Å². The van der Waals surface area contributed by atoms with Crippen LogP contribution in [0.4, 0.5) is 0 Å². The quantitative estimate of drug-likeness (QED) is 0.865. The average Bonchev–Trinajstić information content (AvgIpc) is 2.76. The third kappa shape index (κ3) is 3.13. The Kier molecular flexibility index (Phi) is 4.04. The normalized spacial score (nSPS) is 12.6. The summed E-state index contributed by atoms with van der Waals surface area (Å²) >= 11 is 0. The fourth-order valence-electron chi connectivity index (χ4n) is 2.02. The molecule has 0 aliphatic carbocycles. The van der Waals surface area contributed by atoms with Gasteiger partial charge in [-0.05, 0) is 38.4 Å². The van der Waals surface area contributed by atoms with E-state index in [-0.39, 0.29) is 6.04 Å². The fraction of sp³-hybridized carbons (Fsp3) is 0.462. The van der Waals surface area contributed by atoms with Gasteiger partial charge in [-0.2, -0.15) is 5.10 Å². The molecule has 5 nitrogen and oxygen atoms in total. The van der Waals surface area contributed by atoms with Gasteiger partial charge >= 0.3 is 0 Å². The highest BCUT2D eigenvalue weighted by Crippen LogP contribution is 2.16. The van der Waals surface area contributed by atoms with E-state index >= 15 is 0 Å². The molecular formula is C13H19N5. The number of hydrogen-bond donors (Lipinski definition) is 1. The van der Waals surface area contributed by atoms with E-state index in [1.165, 1.54) is 5.56 Å². The molecule has 0 saturated carbocycles. The molecule has 96 valence electrons. The predicted octanol–water partition coefficient (Wildman–Crippen LogP) is 1.41. The lowest BCUT2D eigenvalue weighted by Crippen LogP contribution is -2.18. The predicted molar refractivity (Wildman–Crippen MR) is 70.1 cm³/mol. The molecule has 5 heteroatoms. The maximum Gasteiger partial charge on any atom is 0.125 e. The fourth-order valence-corrected chi connectivity index (χ4v) is 2.02. The van der Waals surface area contributed by atoms with Gasteiger partial charge in [0.2, 0.25) is 0 Å². The first-order chi connectivity index (χ1) is 8.69. The standard InChI is InChI=1S/C13H19N5/c1-10-15-7-6-13(17-10)12(14-2)5-4-11-8-16-18(3)9-11/h6-9,12,14H,4-5H2,1-3H3. The largest absolute Gasteiger partial charge is 0.312 e. The zero-order valence-electron chi connectivity index (χ0n) is 11.1. The van der Waals surface area contributed by atoms with Gasteiger partial charge in [-0.3, -0.25) is 4.68 Å². The lowest BCUT2D eigenvalue weighted by molar-refractivity contribution is 0.533. The Morgan fingerprint density at radius 2 is 2.28 bits per heavy atom. The van der Waals surface area contributed by atoms with E-state index in [9.17, 15) is 0 Å². The highest BCUT2D eigenvalue weighted by Gasteiger charge is 2.11. The maximum atomic E-state index is 4.47. The Balaban J connectivity index is 2.01. The monoisotopic (exact) mass is 245 g/mol. The first-order valence-corrected chi connectivity index (χ1v) is 6.13. The van der Waals surface area contributed by atoms with Crippen LogP contribution in [-0.4, -0.2) is 26.8 Å². The van der Waals surface area contributed by atoms with Crippen molar-refractivity contribution in [3.8, 4) is 0 Å². The first kappa shape index (κ1) is 12.7. The SMILES string of the molecule is CNC(CCc1cnn(C)c1)c1ccnc(C)n1. The average molecular weight is 245 g/mol. The van der Waals surface area contributed by atoms with Crippen molar-refractivity contribution in [2.45, 2.75) is 25.8 Å². The Hall–Kier alpha value is -1.75. The molecule has 0 aliphatic rings. The Morgan fingerprint density at radius 1 is 1.44 bits per heavy atom. The van der Waals surface area contributed by atoms with Gasteiger partial charge in [-0.25, -0.2) is 9.97 Å². The summed E-state index contributed by atoms with van der Waals surface area (Å²) in [5, 5.41) is 7.48. The zero-order chi connectivity index (χ0) is 13.0. The van der Waals surface area contributed by atoms with E-state index in [2.05, 4.69) is 26.6 Å². The number of aromatic nitrogens is 4. The lowest BCUT2D eigenvalue weighted by atomic mass is 10.1. The van der Waals surface area contributed by atoms with Crippen LogP contribution in [0.15, 0.2) is 24.7 Å². The van der Waals surface area contributed by atoms with E-state index < -0.39 is 0 Å². The molecular weight excluding hydrogens is 226 g/mol. The molecule has 0 spiro atoms. The molecule has 2 rings (SSSR count). The van der Waals surface area contributed by atoms with Gasteiger partial charge in [0, 0.05) is 25.5 Å². The zero-order valence-corrected chi connectivity index (χ0v) is 11.1. The molecule has 2 heterocycles. The van der Waals surface area contributed by atoms with Crippen LogP contribution in [0.2, 0.25) is 0 Å². The Labute approximate surface area is 107 Å². The van der Waals surface area contributed by atoms with Crippen LogP contribution in [0, 0.1) is 6.92 Å². The summed E-state index contributed by atoms with van der Waals surface area (Å²) in [5.41, 5.74) is 2.30. The van der Waals surface area contributed by atoms with E-state index in [1.807, 2.05) is 44.2 Å². The van der Waals surface area contributed by atoms with Crippen molar-refractivity contribution in [2.75, 3.05) is 7.05 Å². The third-order valence-corrected chi connectivity index (χ3v) is 2.98. The van der Waals surface area contributed by atoms with E-state index in [0.29, 0.717) is 0 Å². The number of nitrogens with zero attached hydrogens (tertiary/aromatic N) is 4. The highest BCUT2D eigenvalue weighted by molar-refractivity contribution is 5.10. The summed E-state index contributed by atoms with van der Waals surface area (Å²) in [4.78, 5) is 8.59. The second-order valence-corrected chi connectivity index (χ2v) is 4.43. The van der Waals surface area contributed by atoms with Gasteiger partial charge in [0.05, 0.1) is 11.9 Å². The van der Waals surface area contributed by atoms with Gasteiger partial charge in [0.25, 0.3) is 0 Å². The minimum atomic E-state index is 0.256. The molecule has 1 unspecified atom stereocenters. The number of rotatable bonds is 5. The van der Waals surface area contributed by atoms with Crippen LogP contribution in [0.5, 0.6) is 0 Å². The van der Waals surface area contributed by atoms with Crippen molar-refractivity contribution >= 4 is 0 Å². The smallest absolute Gasteiger partial charge is 0.125 e. The van der Waals surface area contributed by atoms with Crippen molar-refractivity contribution < 1.29 is 0 Å². The van der Waals surface area contributed by atoms with Gasteiger partial charge in [-0.1, -0.05) is 0 Å². The summed E-state index contributed by atoms with van der Waals surface area (Å²) in [7, 11) is 3.90. The van der Waals surface area contributed by atoms with Crippen molar-refractivity contribution in [3.05, 3.63) is 41.7 Å². The van der Waals surface area contributed by atoms with Crippen molar-refractivity contribution in [1.29, 1.82) is 0 Å². The summed E-state index contributed by atoms with van der Waals surface area (Å²) in [6.07, 6.45) is 7.77. The van der Waals surface area contributed by atoms with Crippen LogP contribution in [0.1, 0.15) is 29.5 Å². The van der Waals surface area contributed by atoms with Crippen LogP contribution >= 0.6 is 0 Å². The number of nitrogens with one attached hydrogen (secondary N) is 1. The molecule has 0 radical (unpaired) electrons. The van der Waals surface area contributed by atoms with Crippen LogP contribution < -0.4 is 5.32 Å². The van der Waals surface area contributed by atoms with Crippen LogP contribution in [0.3, 0.4) is 0 Å². The van der Waals surface area contributed by atoms with Gasteiger partial charge in [0.1, 0.15) is 5.82 Å². The molecule has 2 aromatic rings. The molecule has 0 saturated heterocycles. The molecule has 2 aromatic heterocycles. The number of aryl methyl sites for hydroxylation is 3. The van der Waals surface area contributed by atoms with Crippen molar-refractivity contribution in [3.63, 3.8) is 0 Å². The molecule has 0 aliphatic heterocycles. The van der Waals surface area contributed by atoms with Gasteiger partial charge in [0.15, 0.2) is 0 Å². The van der Waals surface area contributed by atoms with Gasteiger partial charge < -0.3 is 5.32 Å².